The van der Waals surface area contributed by atoms with Crippen LogP contribution >= 0.6 is 0 Å². The molecular weight excluding hydrogens is 844 g/mol. The molecule has 0 unspecified atom stereocenters. The summed E-state index contributed by atoms with van der Waals surface area (Å²) in [4.78, 5) is 5.54. The van der Waals surface area contributed by atoms with Crippen molar-refractivity contribution in [3.63, 3.8) is 0 Å². The lowest BCUT2D eigenvalue weighted by Gasteiger charge is -2.50. The van der Waals surface area contributed by atoms with Crippen molar-refractivity contribution in [1.82, 2.24) is 0 Å². The van der Waals surface area contributed by atoms with Gasteiger partial charge in [-0.1, -0.05) is 168 Å². The fourth-order valence-electron chi connectivity index (χ4n) is 13.8. The summed E-state index contributed by atoms with van der Waals surface area (Å²) in [6, 6.07) is 52.7. The fourth-order valence-corrected chi connectivity index (χ4v) is 13.8. The molecule has 70 heavy (non-hydrogen) atoms. The summed E-state index contributed by atoms with van der Waals surface area (Å²) in [6.07, 6.45) is 7.05. The van der Waals surface area contributed by atoms with Crippen molar-refractivity contribution in [2.24, 2.45) is 0 Å². The highest BCUT2D eigenvalue weighted by Gasteiger charge is 2.50. The summed E-state index contributed by atoms with van der Waals surface area (Å²) in [5, 5.41) is 0. The number of anilines is 5. The molecule has 0 amide bonds. The topological polar surface area (TPSA) is 6.48 Å². The maximum atomic E-state index is 2.78. The molecule has 2 heterocycles. The van der Waals surface area contributed by atoms with Gasteiger partial charge < -0.3 is 9.71 Å². The Labute approximate surface area is 420 Å². The number of rotatable bonds is 4. The van der Waals surface area contributed by atoms with Crippen molar-refractivity contribution < 1.29 is 0 Å². The molecule has 12 rings (SSSR count). The van der Waals surface area contributed by atoms with Gasteiger partial charge in [0.05, 0.1) is 0 Å². The van der Waals surface area contributed by atoms with E-state index in [1.807, 2.05) is 0 Å². The van der Waals surface area contributed by atoms with Gasteiger partial charge in [0.15, 0.2) is 0 Å². The van der Waals surface area contributed by atoms with E-state index in [1.54, 1.807) is 0 Å². The Bertz CT molecular complexity index is 3270. The summed E-state index contributed by atoms with van der Waals surface area (Å²) in [5.74, 6) is 0. The van der Waals surface area contributed by atoms with Crippen LogP contribution < -0.4 is 20.6 Å². The van der Waals surface area contributed by atoms with Gasteiger partial charge in [-0.15, -0.1) is 0 Å². The monoisotopic (exact) mass is 917 g/mol. The predicted molar refractivity (Wildman–Crippen MR) is 302 cm³/mol. The van der Waals surface area contributed by atoms with Crippen LogP contribution in [0.2, 0.25) is 0 Å². The molecule has 7 aromatic rings. The van der Waals surface area contributed by atoms with Crippen LogP contribution in [-0.2, 0) is 32.5 Å². The molecule has 3 heteroatoms. The maximum absolute atomic E-state index is 2.78. The molecule has 2 aliphatic heterocycles. The van der Waals surface area contributed by atoms with Crippen LogP contribution in [0.25, 0.3) is 33.4 Å². The highest BCUT2D eigenvalue weighted by molar-refractivity contribution is 6.93. The third-order valence-electron chi connectivity index (χ3n) is 18.8. The number of nitrogens with zero attached hydrogens (tertiary/aromatic N) is 2. The van der Waals surface area contributed by atoms with E-state index in [0.717, 1.165) is 0 Å². The Morgan fingerprint density at radius 2 is 0.771 bits per heavy atom. The van der Waals surface area contributed by atoms with Crippen molar-refractivity contribution in [2.45, 2.75) is 161 Å². The molecule has 0 saturated heterocycles. The lowest BCUT2D eigenvalue weighted by atomic mass is 9.42. The minimum absolute atomic E-state index is 0.0311. The van der Waals surface area contributed by atoms with Crippen LogP contribution in [0.15, 0.2) is 133 Å². The van der Waals surface area contributed by atoms with E-state index in [0.29, 0.717) is 0 Å². The van der Waals surface area contributed by atoms with Crippen LogP contribution in [0, 0.1) is 6.92 Å². The molecule has 354 valence electrons. The van der Waals surface area contributed by atoms with E-state index in [4.69, 9.17) is 0 Å². The second-order valence-electron chi connectivity index (χ2n) is 26.2. The smallest absolute Gasteiger partial charge is 0.333 e. The van der Waals surface area contributed by atoms with E-state index in [1.165, 1.54) is 150 Å². The second-order valence-corrected chi connectivity index (χ2v) is 26.2. The summed E-state index contributed by atoms with van der Waals surface area (Å²) in [7, 11) is 0. The van der Waals surface area contributed by atoms with Gasteiger partial charge in [-0.3, -0.25) is 0 Å². The average molecular weight is 917 g/mol. The summed E-state index contributed by atoms with van der Waals surface area (Å²) < 4.78 is 0. The molecule has 7 aromatic carbocycles. The Morgan fingerprint density at radius 3 is 1.29 bits per heavy atom. The van der Waals surface area contributed by atoms with E-state index >= 15 is 0 Å². The molecular formula is C67H73BN2. The van der Waals surface area contributed by atoms with Gasteiger partial charge in [-0.05, 0) is 204 Å². The van der Waals surface area contributed by atoms with Gasteiger partial charge in [-0.2, -0.15) is 0 Å². The Hall–Kier alpha value is -5.80. The zero-order valence-electron chi connectivity index (χ0n) is 44.4. The Morgan fingerprint density at radius 1 is 0.357 bits per heavy atom. The third kappa shape index (κ3) is 6.79. The van der Waals surface area contributed by atoms with Crippen molar-refractivity contribution in [1.29, 1.82) is 0 Å². The van der Waals surface area contributed by atoms with E-state index in [-0.39, 0.29) is 39.3 Å². The van der Waals surface area contributed by atoms with Crippen LogP contribution in [0.4, 0.5) is 28.4 Å². The number of hydrogen-bond acceptors (Lipinski definition) is 2. The summed E-state index contributed by atoms with van der Waals surface area (Å²) in [5.41, 5.74) is 27.7. The van der Waals surface area contributed by atoms with Gasteiger partial charge in [0, 0.05) is 34.0 Å². The standard InChI is InChI=1S/C67H73BN2/c1-42-34-50-53(65(8,9)31-28-62(50,2)3)39-57(42)69-59-41-55-52(64(6,7)30-33-67(55,12)13)38-56(59)68-61-49(35-46(36-60(61)69)44-22-18-15-19-23-44)48-37-51-54(66(10,11)32-29-63(51,4)5)40-58(48)70(68)47-26-24-45(25-27-47)43-20-16-14-17-21-43/h14-27,34-41H,28-33H2,1-13H3. The first-order chi connectivity index (χ1) is 33.1. The normalized spacial score (nSPS) is 20.0. The highest BCUT2D eigenvalue weighted by Crippen LogP contribution is 2.57. The molecule has 0 N–H and O–H groups in total. The molecule has 0 fully saturated rings. The van der Waals surface area contributed by atoms with Crippen LogP contribution in [0.3, 0.4) is 0 Å². The predicted octanol–water partition coefficient (Wildman–Crippen LogP) is 17.1. The van der Waals surface area contributed by atoms with Crippen LogP contribution in [-0.4, -0.2) is 6.85 Å². The highest BCUT2D eigenvalue weighted by atomic mass is 15.2. The summed E-state index contributed by atoms with van der Waals surface area (Å²) >= 11 is 0. The molecule has 2 nitrogen and oxygen atoms in total. The maximum Gasteiger partial charge on any atom is 0.333 e. The van der Waals surface area contributed by atoms with E-state index in [2.05, 4.69) is 233 Å². The minimum Gasteiger partial charge on any atom is -0.376 e. The number of fused-ring (bicyclic) bond motifs is 7. The molecule has 0 atom stereocenters. The summed E-state index contributed by atoms with van der Waals surface area (Å²) in [6.45, 7) is 32.2. The van der Waals surface area contributed by atoms with Gasteiger partial charge in [0.25, 0.3) is 0 Å². The van der Waals surface area contributed by atoms with Crippen LogP contribution in [0.1, 0.15) is 161 Å². The van der Waals surface area contributed by atoms with Gasteiger partial charge in [-0.25, -0.2) is 0 Å². The van der Waals surface area contributed by atoms with Crippen molar-refractivity contribution in [2.75, 3.05) is 9.71 Å². The molecule has 0 aromatic heterocycles. The van der Waals surface area contributed by atoms with E-state index in [9.17, 15) is 0 Å². The first kappa shape index (κ1) is 45.4. The van der Waals surface area contributed by atoms with Crippen molar-refractivity contribution in [3.8, 4) is 33.4 Å². The zero-order valence-corrected chi connectivity index (χ0v) is 44.4. The minimum atomic E-state index is -0.0756. The molecule has 0 bridgehead atoms. The number of benzene rings is 7. The fraction of sp³-hybridized carbons (Fsp3) is 0.373. The van der Waals surface area contributed by atoms with Crippen molar-refractivity contribution in [3.05, 3.63) is 172 Å². The Balaban J connectivity index is 1.24. The molecule has 0 radical (unpaired) electrons. The van der Waals surface area contributed by atoms with Crippen molar-refractivity contribution >= 4 is 46.2 Å². The van der Waals surface area contributed by atoms with Gasteiger partial charge in [0.1, 0.15) is 0 Å². The lowest BCUT2D eigenvalue weighted by molar-refractivity contribution is 0.331. The first-order valence-corrected chi connectivity index (χ1v) is 26.6. The Kier molecular flexibility index (Phi) is 9.79. The molecule has 0 spiro atoms. The lowest BCUT2D eigenvalue weighted by Crippen LogP contribution is -2.62. The first-order valence-electron chi connectivity index (χ1n) is 26.6. The van der Waals surface area contributed by atoms with Crippen LogP contribution in [0.5, 0.6) is 0 Å². The number of aryl methyl sites for hydroxylation is 1. The quantitative estimate of drug-likeness (QED) is 0.162. The molecule has 5 aliphatic rings. The van der Waals surface area contributed by atoms with E-state index < -0.39 is 0 Å². The SMILES string of the molecule is Cc1cc2c(cc1N1c3cc4c(cc3B3c5c(cc(-c6ccccc6)cc51)-c1cc5c(cc1N3c1ccc(-c3ccccc3)cc1)C(C)(C)CCC5(C)C)C(C)(C)CCC4(C)C)C(C)(C)CCC2(C)C. The largest absolute Gasteiger partial charge is 0.376 e. The third-order valence-corrected chi connectivity index (χ3v) is 18.8. The number of hydrogen-bond donors (Lipinski definition) is 0. The van der Waals surface area contributed by atoms with Gasteiger partial charge in [0.2, 0.25) is 0 Å². The second kappa shape index (κ2) is 15.1. The molecule has 3 aliphatic carbocycles. The molecule has 0 saturated carbocycles. The average Bonchev–Trinajstić information content (AvgIpc) is 3.33. The zero-order chi connectivity index (χ0) is 49.1. The van der Waals surface area contributed by atoms with Gasteiger partial charge >= 0.3 is 6.85 Å².